The molecule has 0 heterocycles. The number of rotatable bonds is 39. The number of esters is 2. The van der Waals surface area contributed by atoms with Gasteiger partial charge in [-0.3, -0.25) is 14.2 Å². The largest absolute Gasteiger partial charge is 0.756 e. The molecule has 0 aromatic rings. The molecule has 0 N–H and O–H groups in total. The fourth-order valence-electron chi connectivity index (χ4n) is 5.36. The van der Waals surface area contributed by atoms with Gasteiger partial charge in [0.15, 0.2) is 6.10 Å². The molecule has 0 aliphatic rings. The summed E-state index contributed by atoms with van der Waals surface area (Å²) in [5.41, 5.74) is 0. The normalized spacial score (nSPS) is 14.4. The van der Waals surface area contributed by atoms with Crippen LogP contribution in [0.25, 0.3) is 0 Å². The summed E-state index contributed by atoms with van der Waals surface area (Å²) in [6.45, 7) is 4.06. The van der Waals surface area contributed by atoms with Crippen molar-refractivity contribution in [1.29, 1.82) is 0 Å². The molecular weight excluding hydrogens is 750 g/mol. The van der Waals surface area contributed by atoms with Gasteiger partial charge >= 0.3 is 11.9 Å². The third kappa shape index (κ3) is 42.8. The van der Waals surface area contributed by atoms with Crippen molar-refractivity contribution in [3.63, 3.8) is 0 Å². The number of hydrogen-bond acceptors (Lipinski definition) is 8. The van der Waals surface area contributed by atoms with Crippen LogP contribution in [0.4, 0.5) is 0 Å². The number of hydrogen-bond donors (Lipinski definition) is 0. The number of carbonyl (C=O) groups excluding carboxylic acids is 2. The molecule has 0 radical (unpaired) electrons. The SMILES string of the molecule is CCCCC/C=C/C/C=C/C/C=C/C/C=C/CCCC(=O)O[C@H](COC(=O)CCCCCC/C=C/C/C=C/C/C=C/CCCCC)COP(=O)([O-])OCC[N+](C)(C)C. The van der Waals surface area contributed by atoms with Crippen LogP contribution in [0.3, 0.4) is 0 Å². The van der Waals surface area contributed by atoms with Gasteiger partial charge in [0.1, 0.15) is 19.8 Å². The third-order valence-corrected chi connectivity index (χ3v) is 9.85. The summed E-state index contributed by atoms with van der Waals surface area (Å²) < 4.78 is 33.8. The zero-order valence-corrected chi connectivity index (χ0v) is 38.1. The molecule has 0 saturated heterocycles. The van der Waals surface area contributed by atoms with Crippen molar-refractivity contribution >= 4 is 19.8 Å². The monoisotopic (exact) mass is 832 g/mol. The zero-order chi connectivity index (χ0) is 42.8. The van der Waals surface area contributed by atoms with Crippen LogP contribution in [-0.2, 0) is 32.7 Å². The first kappa shape index (κ1) is 55.2. The summed E-state index contributed by atoms with van der Waals surface area (Å²) in [6.07, 6.45) is 50.4. The van der Waals surface area contributed by atoms with Crippen LogP contribution in [0.15, 0.2) is 85.1 Å². The summed E-state index contributed by atoms with van der Waals surface area (Å²) in [5, 5.41) is 0. The van der Waals surface area contributed by atoms with E-state index in [4.69, 9.17) is 18.5 Å². The number of ether oxygens (including phenoxy) is 2. The lowest BCUT2D eigenvalue weighted by Gasteiger charge is -2.28. The minimum absolute atomic E-state index is 0.0494. The molecule has 0 amide bonds. The van der Waals surface area contributed by atoms with Crippen LogP contribution >= 0.6 is 7.82 Å². The number of quaternary nitrogens is 1. The summed E-state index contributed by atoms with van der Waals surface area (Å²) in [5.74, 6) is -0.934. The molecule has 2 atom stereocenters. The maximum absolute atomic E-state index is 12.7. The lowest BCUT2D eigenvalue weighted by molar-refractivity contribution is -0.870. The summed E-state index contributed by atoms with van der Waals surface area (Å²) in [7, 11) is 1.10. The maximum Gasteiger partial charge on any atom is 0.306 e. The molecule has 0 aliphatic carbocycles. The van der Waals surface area contributed by atoms with Crippen molar-refractivity contribution in [2.45, 2.75) is 161 Å². The first-order valence-corrected chi connectivity index (χ1v) is 23.8. The van der Waals surface area contributed by atoms with E-state index >= 15 is 0 Å². The Morgan fingerprint density at radius 3 is 1.41 bits per heavy atom. The van der Waals surface area contributed by atoms with Gasteiger partial charge in [0, 0.05) is 12.8 Å². The predicted octanol–water partition coefficient (Wildman–Crippen LogP) is 12.2. The van der Waals surface area contributed by atoms with E-state index in [9.17, 15) is 19.0 Å². The molecular formula is C48H82NO8P. The fourth-order valence-corrected chi connectivity index (χ4v) is 6.09. The number of allylic oxidation sites excluding steroid dienone is 14. The molecule has 332 valence electrons. The average Bonchev–Trinajstić information content (AvgIpc) is 3.17. The van der Waals surface area contributed by atoms with Crippen LogP contribution in [0.1, 0.15) is 155 Å². The Hall–Kier alpha value is -2.81. The smallest absolute Gasteiger partial charge is 0.306 e. The number of nitrogens with zero attached hydrogens (tertiary/aromatic N) is 1. The number of unbranched alkanes of at least 4 members (excludes halogenated alkanes) is 11. The highest BCUT2D eigenvalue weighted by Crippen LogP contribution is 2.38. The summed E-state index contributed by atoms with van der Waals surface area (Å²) in [6, 6.07) is 0. The number of phosphoric ester groups is 1. The summed E-state index contributed by atoms with van der Waals surface area (Å²) >= 11 is 0. The molecule has 0 aliphatic heterocycles. The number of phosphoric acid groups is 1. The van der Waals surface area contributed by atoms with E-state index in [0.717, 1.165) is 57.8 Å². The molecule has 0 rings (SSSR count). The average molecular weight is 832 g/mol. The van der Waals surface area contributed by atoms with Gasteiger partial charge in [-0.05, 0) is 89.9 Å². The van der Waals surface area contributed by atoms with Gasteiger partial charge in [0.25, 0.3) is 7.82 Å². The minimum Gasteiger partial charge on any atom is -0.756 e. The predicted molar refractivity (Wildman–Crippen MR) is 240 cm³/mol. The molecule has 58 heavy (non-hydrogen) atoms. The lowest BCUT2D eigenvalue weighted by Crippen LogP contribution is -2.37. The van der Waals surface area contributed by atoms with Crippen molar-refractivity contribution in [2.75, 3.05) is 47.5 Å². The Morgan fingerprint density at radius 2 is 0.948 bits per heavy atom. The van der Waals surface area contributed by atoms with E-state index in [1.807, 2.05) is 27.2 Å². The first-order valence-electron chi connectivity index (χ1n) is 22.3. The highest BCUT2D eigenvalue weighted by atomic mass is 31.2. The maximum atomic E-state index is 12.7. The van der Waals surface area contributed by atoms with E-state index in [1.54, 1.807) is 0 Å². The van der Waals surface area contributed by atoms with Crippen molar-refractivity contribution in [1.82, 2.24) is 0 Å². The minimum atomic E-state index is -4.65. The molecule has 0 saturated carbocycles. The van der Waals surface area contributed by atoms with Crippen molar-refractivity contribution < 1.29 is 42.1 Å². The van der Waals surface area contributed by atoms with Crippen LogP contribution < -0.4 is 4.89 Å². The van der Waals surface area contributed by atoms with Gasteiger partial charge in [-0.1, -0.05) is 137 Å². The Labute approximate surface area is 354 Å². The van der Waals surface area contributed by atoms with E-state index in [0.29, 0.717) is 30.3 Å². The van der Waals surface area contributed by atoms with Crippen molar-refractivity contribution in [3.05, 3.63) is 85.1 Å². The number of carbonyl (C=O) groups is 2. The second kappa shape index (κ2) is 39.6. The molecule has 0 aromatic heterocycles. The highest BCUT2D eigenvalue weighted by molar-refractivity contribution is 7.45. The zero-order valence-electron chi connectivity index (χ0n) is 37.2. The highest BCUT2D eigenvalue weighted by Gasteiger charge is 2.21. The molecule has 10 heteroatoms. The summed E-state index contributed by atoms with van der Waals surface area (Å²) in [4.78, 5) is 37.5. The van der Waals surface area contributed by atoms with Gasteiger partial charge in [-0.25, -0.2) is 0 Å². The Balaban J connectivity index is 4.52. The van der Waals surface area contributed by atoms with Gasteiger partial charge in [0.2, 0.25) is 0 Å². The standard InChI is InChI=1S/C48H82NO8P/c1-6-8-10-12-14-16-18-20-22-24-26-28-30-32-34-36-38-40-47(50)54-44-46(45-56-58(52,53)55-43-42-49(3,4)5)57-48(51)41-39-37-35-33-31-29-27-25-23-21-19-17-15-13-11-9-7-2/h14-17,20-23,26-29,33,35,46H,6-13,18-19,24-25,30-32,34,36-45H2,1-5H3/b16-14+,17-15+,22-20+,23-21+,28-26+,29-27+,35-33+/t46-/m1/s1. The molecule has 1 unspecified atom stereocenters. The molecule has 0 bridgehead atoms. The van der Waals surface area contributed by atoms with Gasteiger partial charge in [0.05, 0.1) is 27.7 Å². The van der Waals surface area contributed by atoms with Crippen LogP contribution in [-0.4, -0.2) is 70.0 Å². The number of likely N-dealkylation sites (N-methyl/N-ethyl adjacent to an activating group) is 1. The Bertz CT molecular complexity index is 1260. The van der Waals surface area contributed by atoms with Gasteiger partial charge < -0.3 is 27.9 Å². The van der Waals surface area contributed by atoms with E-state index in [2.05, 4.69) is 92.8 Å². The molecule has 9 nitrogen and oxygen atoms in total. The van der Waals surface area contributed by atoms with Crippen molar-refractivity contribution in [2.24, 2.45) is 0 Å². The lowest BCUT2D eigenvalue weighted by atomic mass is 10.1. The quantitative estimate of drug-likeness (QED) is 0.0198. The molecule has 0 aromatic carbocycles. The Kier molecular flexibility index (Phi) is 37.7. The second-order valence-electron chi connectivity index (χ2n) is 15.7. The topological polar surface area (TPSA) is 111 Å². The second-order valence-corrected chi connectivity index (χ2v) is 17.1. The van der Waals surface area contributed by atoms with E-state index in [1.165, 1.54) is 51.4 Å². The van der Waals surface area contributed by atoms with Crippen LogP contribution in [0.2, 0.25) is 0 Å². The van der Waals surface area contributed by atoms with Crippen LogP contribution in [0.5, 0.6) is 0 Å². The fraction of sp³-hybridized carbons (Fsp3) is 0.667. The Morgan fingerprint density at radius 1 is 0.534 bits per heavy atom. The molecule has 0 spiro atoms. The van der Waals surface area contributed by atoms with Crippen LogP contribution in [0, 0.1) is 0 Å². The van der Waals surface area contributed by atoms with Crippen molar-refractivity contribution in [3.8, 4) is 0 Å². The molecule has 0 fully saturated rings. The van der Waals surface area contributed by atoms with E-state index < -0.39 is 32.5 Å². The third-order valence-electron chi connectivity index (χ3n) is 8.89. The van der Waals surface area contributed by atoms with E-state index in [-0.39, 0.29) is 26.1 Å². The van der Waals surface area contributed by atoms with Gasteiger partial charge in [-0.15, -0.1) is 0 Å². The first-order chi connectivity index (χ1) is 28.0. The van der Waals surface area contributed by atoms with Gasteiger partial charge in [-0.2, -0.15) is 0 Å².